The van der Waals surface area contributed by atoms with E-state index in [1.54, 1.807) is 13.2 Å². The molecular weight excluding hydrogens is 400 g/mol. The fourth-order valence-electron chi connectivity index (χ4n) is 4.06. The van der Waals surface area contributed by atoms with Crippen molar-refractivity contribution in [2.45, 2.75) is 13.3 Å². The monoisotopic (exact) mass is 430 g/mol. The number of hydrogen-bond donors (Lipinski definition) is 1. The molecule has 1 aliphatic heterocycles. The molecule has 32 heavy (non-hydrogen) atoms. The van der Waals surface area contributed by atoms with Crippen molar-refractivity contribution in [3.8, 4) is 5.75 Å². The van der Waals surface area contributed by atoms with Crippen LogP contribution in [0, 0.1) is 6.92 Å². The minimum Gasteiger partial charge on any atom is -0.496 e. The summed E-state index contributed by atoms with van der Waals surface area (Å²) in [5.74, 6) is 0.584. The smallest absolute Gasteiger partial charge is 0.255 e. The topological polar surface area (TPSA) is 57.7 Å². The highest BCUT2D eigenvalue weighted by Crippen LogP contribution is 2.28. The van der Waals surface area contributed by atoms with Gasteiger partial charge in [0.05, 0.1) is 18.5 Å². The van der Waals surface area contributed by atoms with Gasteiger partial charge >= 0.3 is 0 Å². The molecule has 166 valence electrons. The van der Waals surface area contributed by atoms with E-state index in [2.05, 4.69) is 38.3 Å². The fourth-order valence-corrected chi connectivity index (χ4v) is 4.06. The molecule has 6 heteroatoms. The zero-order valence-electron chi connectivity index (χ0n) is 18.8. The Hall–Kier alpha value is -3.38. The van der Waals surface area contributed by atoms with E-state index in [1.165, 1.54) is 5.56 Å². The lowest BCUT2D eigenvalue weighted by Crippen LogP contribution is -2.47. The average Bonchev–Trinajstić information content (AvgIpc) is 2.84. The third-order valence-corrected chi connectivity index (χ3v) is 6.00. The van der Waals surface area contributed by atoms with Crippen LogP contribution in [0.2, 0.25) is 0 Å². The number of amides is 1. The first kappa shape index (κ1) is 21.8. The van der Waals surface area contributed by atoms with Crippen molar-refractivity contribution in [2.24, 2.45) is 0 Å². The van der Waals surface area contributed by atoms with Crippen molar-refractivity contribution in [1.82, 2.24) is 9.88 Å². The maximum atomic E-state index is 12.9. The van der Waals surface area contributed by atoms with Gasteiger partial charge in [-0.3, -0.25) is 14.7 Å². The van der Waals surface area contributed by atoms with Crippen molar-refractivity contribution in [1.29, 1.82) is 0 Å². The van der Waals surface area contributed by atoms with Crippen LogP contribution >= 0.6 is 0 Å². The van der Waals surface area contributed by atoms with Crippen molar-refractivity contribution in [3.63, 3.8) is 0 Å². The van der Waals surface area contributed by atoms with Gasteiger partial charge in [0.15, 0.2) is 0 Å². The van der Waals surface area contributed by atoms with Crippen LogP contribution in [0.15, 0.2) is 67.0 Å². The van der Waals surface area contributed by atoms with Crippen LogP contribution in [0.1, 0.15) is 21.5 Å². The van der Waals surface area contributed by atoms with Crippen molar-refractivity contribution < 1.29 is 9.53 Å². The molecule has 6 nitrogen and oxygen atoms in total. The van der Waals surface area contributed by atoms with Crippen LogP contribution in [0.4, 0.5) is 11.4 Å². The highest BCUT2D eigenvalue weighted by molar-refractivity contribution is 6.06. The summed E-state index contributed by atoms with van der Waals surface area (Å²) < 4.78 is 5.37. The molecule has 0 aliphatic carbocycles. The average molecular weight is 431 g/mol. The summed E-state index contributed by atoms with van der Waals surface area (Å²) in [6.45, 7) is 6.88. The zero-order valence-corrected chi connectivity index (χ0v) is 18.8. The molecule has 0 unspecified atom stereocenters. The predicted molar refractivity (Wildman–Crippen MR) is 129 cm³/mol. The number of methoxy groups -OCH3 is 1. The zero-order chi connectivity index (χ0) is 22.3. The minimum absolute atomic E-state index is 0.133. The highest BCUT2D eigenvalue weighted by atomic mass is 16.5. The summed E-state index contributed by atoms with van der Waals surface area (Å²) in [4.78, 5) is 21.8. The van der Waals surface area contributed by atoms with Gasteiger partial charge in [0.1, 0.15) is 5.75 Å². The quantitative estimate of drug-likeness (QED) is 0.614. The number of benzene rings is 2. The van der Waals surface area contributed by atoms with Crippen LogP contribution < -0.4 is 15.0 Å². The second-order valence-corrected chi connectivity index (χ2v) is 8.09. The van der Waals surface area contributed by atoms with E-state index in [4.69, 9.17) is 4.74 Å². The van der Waals surface area contributed by atoms with E-state index in [9.17, 15) is 4.79 Å². The van der Waals surface area contributed by atoms with Crippen molar-refractivity contribution in [2.75, 3.05) is 50.1 Å². The highest BCUT2D eigenvalue weighted by Gasteiger charge is 2.20. The van der Waals surface area contributed by atoms with Crippen molar-refractivity contribution >= 4 is 17.3 Å². The third kappa shape index (κ3) is 5.26. The standard InChI is InChI=1S/C26H30N4O2/c1-20-7-8-22(19-25(20)32-2)26(31)28-23-5-3-4-6-24(23)30-17-15-29(16-18-30)14-11-21-9-12-27-13-10-21/h3-10,12-13,19H,11,14-18H2,1-2H3,(H,28,31). The molecule has 1 aromatic heterocycles. The molecule has 2 heterocycles. The molecule has 1 N–H and O–H groups in total. The Morgan fingerprint density at radius 1 is 1.03 bits per heavy atom. The number of nitrogens with one attached hydrogen (secondary N) is 1. The molecule has 1 fully saturated rings. The number of rotatable bonds is 7. The van der Waals surface area contributed by atoms with Gasteiger partial charge in [-0.15, -0.1) is 0 Å². The number of piperazine rings is 1. The summed E-state index contributed by atoms with van der Waals surface area (Å²) in [5.41, 5.74) is 4.81. The van der Waals surface area contributed by atoms with Crippen LogP contribution in [0.3, 0.4) is 0 Å². The van der Waals surface area contributed by atoms with Gasteiger partial charge in [-0.25, -0.2) is 0 Å². The van der Waals surface area contributed by atoms with Crippen LogP contribution in [-0.2, 0) is 6.42 Å². The second kappa shape index (κ2) is 10.3. The van der Waals surface area contributed by atoms with Crippen LogP contribution in [-0.4, -0.2) is 55.6 Å². The van der Waals surface area contributed by atoms with E-state index in [0.717, 1.165) is 56.1 Å². The van der Waals surface area contributed by atoms with Gasteiger partial charge in [0, 0.05) is 50.7 Å². The molecule has 0 radical (unpaired) electrons. The molecule has 0 atom stereocenters. The summed E-state index contributed by atoms with van der Waals surface area (Å²) in [5, 5.41) is 3.10. The van der Waals surface area contributed by atoms with Crippen LogP contribution in [0.25, 0.3) is 0 Å². The number of para-hydroxylation sites is 2. The molecule has 1 saturated heterocycles. The van der Waals surface area contributed by atoms with Gasteiger partial charge in [-0.05, 0) is 60.9 Å². The lowest BCUT2D eigenvalue weighted by Gasteiger charge is -2.37. The first-order chi connectivity index (χ1) is 15.6. The summed E-state index contributed by atoms with van der Waals surface area (Å²) in [6, 6.07) is 17.7. The lowest BCUT2D eigenvalue weighted by atomic mass is 10.1. The first-order valence-electron chi connectivity index (χ1n) is 11.1. The summed E-state index contributed by atoms with van der Waals surface area (Å²) in [7, 11) is 1.62. The first-order valence-corrected chi connectivity index (χ1v) is 11.1. The van der Waals surface area contributed by atoms with Crippen LogP contribution in [0.5, 0.6) is 5.75 Å². The number of aryl methyl sites for hydroxylation is 1. The minimum atomic E-state index is -0.133. The van der Waals surface area contributed by atoms with E-state index in [-0.39, 0.29) is 5.91 Å². The van der Waals surface area contributed by atoms with Gasteiger partial charge in [0.2, 0.25) is 0 Å². The number of ether oxygens (including phenoxy) is 1. The molecule has 0 saturated carbocycles. The van der Waals surface area contributed by atoms with Gasteiger partial charge in [0.25, 0.3) is 5.91 Å². The van der Waals surface area contributed by atoms with Crippen molar-refractivity contribution in [3.05, 3.63) is 83.7 Å². The van der Waals surface area contributed by atoms with E-state index in [0.29, 0.717) is 11.3 Å². The molecule has 2 aromatic carbocycles. The lowest BCUT2D eigenvalue weighted by molar-refractivity contribution is 0.102. The Morgan fingerprint density at radius 3 is 2.53 bits per heavy atom. The summed E-state index contributed by atoms with van der Waals surface area (Å²) >= 11 is 0. The number of nitrogens with zero attached hydrogens (tertiary/aromatic N) is 3. The Kier molecular flexibility index (Phi) is 7.02. The van der Waals surface area contributed by atoms with Gasteiger partial charge < -0.3 is 15.0 Å². The molecule has 1 amide bonds. The molecule has 1 aliphatic rings. The van der Waals surface area contributed by atoms with E-state index in [1.807, 2.05) is 49.6 Å². The Bertz CT molecular complexity index is 1050. The maximum absolute atomic E-state index is 12.9. The Balaban J connectivity index is 1.38. The number of anilines is 2. The molecule has 4 rings (SSSR count). The number of aromatic nitrogens is 1. The predicted octanol–water partition coefficient (Wildman–Crippen LogP) is 4.02. The van der Waals surface area contributed by atoms with Gasteiger partial charge in [-0.1, -0.05) is 18.2 Å². The summed E-state index contributed by atoms with van der Waals surface area (Å²) in [6.07, 6.45) is 4.74. The number of hydrogen-bond acceptors (Lipinski definition) is 5. The molecule has 0 spiro atoms. The largest absolute Gasteiger partial charge is 0.496 e. The number of pyridine rings is 1. The third-order valence-electron chi connectivity index (χ3n) is 6.00. The molecule has 0 bridgehead atoms. The van der Waals surface area contributed by atoms with E-state index >= 15 is 0 Å². The SMILES string of the molecule is COc1cc(C(=O)Nc2ccccc2N2CCN(CCc3ccncc3)CC2)ccc1C. The molecular formula is C26H30N4O2. The number of carbonyl (C=O) groups excluding carboxylic acids is 1. The normalized spacial score (nSPS) is 14.2. The molecule has 3 aromatic rings. The fraction of sp³-hybridized carbons (Fsp3) is 0.308. The van der Waals surface area contributed by atoms with Gasteiger partial charge in [-0.2, -0.15) is 0 Å². The van der Waals surface area contributed by atoms with E-state index < -0.39 is 0 Å². The number of carbonyl (C=O) groups is 1. The Labute approximate surface area is 189 Å². The maximum Gasteiger partial charge on any atom is 0.255 e. The Morgan fingerprint density at radius 2 is 1.78 bits per heavy atom. The second-order valence-electron chi connectivity index (χ2n) is 8.09.